The number of fused-ring (bicyclic) bond motifs is 1. The summed E-state index contributed by atoms with van der Waals surface area (Å²) in [5, 5.41) is 2.93. The first-order chi connectivity index (χ1) is 12.0. The first kappa shape index (κ1) is 17.6. The lowest BCUT2D eigenvalue weighted by Gasteiger charge is -2.07. The molecule has 0 bridgehead atoms. The molecule has 0 saturated carbocycles. The Morgan fingerprint density at radius 3 is 2.76 bits per heavy atom. The van der Waals surface area contributed by atoms with E-state index in [0.29, 0.717) is 21.1 Å². The number of esters is 1. The Labute approximate surface area is 151 Å². The SMILES string of the molecule is COC(=O)CCSc1nc2scc(-c3ccc(F)cc3)c2c(=O)n1C. The number of carbonyl (C=O) groups excluding carboxylic acids is 1. The van der Waals surface area contributed by atoms with E-state index >= 15 is 0 Å². The van der Waals surface area contributed by atoms with Crippen molar-refractivity contribution in [3.05, 3.63) is 45.8 Å². The number of hydrogen-bond acceptors (Lipinski definition) is 6. The van der Waals surface area contributed by atoms with Crippen LogP contribution in [0.3, 0.4) is 0 Å². The number of rotatable bonds is 5. The number of aromatic nitrogens is 2. The minimum Gasteiger partial charge on any atom is -0.469 e. The van der Waals surface area contributed by atoms with Gasteiger partial charge >= 0.3 is 5.97 Å². The fourth-order valence-electron chi connectivity index (χ4n) is 2.35. The standard InChI is InChI=1S/C17H15FN2O3S2/c1-20-16(22)14-12(10-3-5-11(18)6-4-10)9-25-15(14)19-17(20)24-8-7-13(21)23-2/h3-6,9H,7-8H2,1-2H3. The molecule has 0 N–H and O–H groups in total. The van der Waals surface area contributed by atoms with E-state index in [2.05, 4.69) is 9.72 Å². The Balaban J connectivity index is 1.97. The van der Waals surface area contributed by atoms with Crippen molar-refractivity contribution in [3.8, 4) is 11.1 Å². The summed E-state index contributed by atoms with van der Waals surface area (Å²) < 4.78 is 19.2. The number of thioether (sulfide) groups is 1. The Kier molecular flexibility index (Phi) is 5.19. The second-order valence-corrected chi connectivity index (χ2v) is 7.19. The van der Waals surface area contributed by atoms with Gasteiger partial charge in [-0.1, -0.05) is 23.9 Å². The van der Waals surface area contributed by atoms with Gasteiger partial charge in [0.05, 0.1) is 18.9 Å². The van der Waals surface area contributed by atoms with E-state index in [1.807, 2.05) is 5.38 Å². The predicted octanol–water partition coefficient (Wildman–Crippen LogP) is 3.46. The van der Waals surface area contributed by atoms with Crippen LogP contribution in [0.1, 0.15) is 6.42 Å². The van der Waals surface area contributed by atoms with Crippen molar-refractivity contribution in [2.45, 2.75) is 11.6 Å². The highest BCUT2D eigenvalue weighted by Crippen LogP contribution is 2.32. The number of methoxy groups -OCH3 is 1. The molecule has 8 heteroatoms. The van der Waals surface area contributed by atoms with Crippen LogP contribution in [0.15, 0.2) is 39.6 Å². The summed E-state index contributed by atoms with van der Waals surface area (Å²) in [7, 11) is 3.00. The van der Waals surface area contributed by atoms with E-state index in [-0.39, 0.29) is 23.8 Å². The second kappa shape index (κ2) is 7.37. The Bertz CT molecular complexity index is 980. The third-order valence-corrected chi connectivity index (χ3v) is 5.60. The maximum Gasteiger partial charge on any atom is 0.306 e. The fraction of sp³-hybridized carbons (Fsp3) is 0.235. The molecular formula is C17H15FN2O3S2. The van der Waals surface area contributed by atoms with Crippen LogP contribution in [0.25, 0.3) is 21.3 Å². The molecule has 0 atom stereocenters. The van der Waals surface area contributed by atoms with Crippen molar-refractivity contribution in [3.63, 3.8) is 0 Å². The lowest BCUT2D eigenvalue weighted by Crippen LogP contribution is -2.20. The van der Waals surface area contributed by atoms with Crippen LogP contribution < -0.4 is 5.56 Å². The van der Waals surface area contributed by atoms with Gasteiger partial charge in [0.2, 0.25) is 0 Å². The summed E-state index contributed by atoms with van der Waals surface area (Å²) in [6.07, 6.45) is 0.250. The summed E-state index contributed by atoms with van der Waals surface area (Å²) in [4.78, 5) is 29.1. The summed E-state index contributed by atoms with van der Waals surface area (Å²) >= 11 is 2.71. The first-order valence-corrected chi connectivity index (χ1v) is 9.31. The maximum atomic E-state index is 13.1. The van der Waals surface area contributed by atoms with Gasteiger partial charge in [-0.25, -0.2) is 9.37 Å². The molecular weight excluding hydrogens is 363 g/mol. The second-order valence-electron chi connectivity index (χ2n) is 5.27. The Morgan fingerprint density at radius 1 is 1.36 bits per heavy atom. The van der Waals surface area contributed by atoms with E-state index in [0.717, 1.165) is 11.1 Å². The monoisotopic (exact) mass is 378 g/mol. The van der Waals surface area contributed by atoms with Crippen LogP contribution in [-0.4, -0.2) is 28.4 Å². The smallest absolute Gasteiger partial charge is 0.306 e. The van der Waals surface area contributed by atoms with Gasteiger partial charge in [-0.3, -0.25) is 14.2 Å². The average Bonchev–Trinajstić information content (AvgIpc) is 3.03. The van der Waals surface area contributed by atoms with E-state index in [4.69, 9.17) is 0 Å². The largest absolute Gasteiger partial charge is 0.469 e. The van der Waals surface area contributed by atoms with Crippen LogP contribution in [0, 0.1) is 5.82 Å². The first-order valence-electron chi connectivity index (χ1n) is 7.45. The van der Waals surface area contributed by atoms with Crippen molar-refractivity contribution >= 4 is 39.3 Å². The highest BCUT2D eigenvalue weighted by molar-refractivity contribution is 7.99. The topological polar surface area (TPSA) is 61.2 Å². The van der Waals surface area contributed by atoms with E-state index < -0.39 is 0 Å². The quantitative estimate of drug-likeness (QED) is 0.387. The molecule has 5 nitrogen and oxygen atoms in total. The molecule has 1 aromatic carbocycles. The summed E-state index contributed by atoms with van der Waals surface area (Å²) in [5.41, 5.74) is 1.36. The molecule has 3 rings (SSSR count). The zero-order valence-corrected chi connectivity index (χ0v) is 15.2. The number of carbonyl (C=O) groups is 1. The minimum atomic E-state index is -0.321. The predicted molar refractivity (Wildman–Crippen MR) is 97.6 cm³/mol. The van der Waals surface area contributed by atoms with Crippen LogP contribution >= 0.6 is 23.1 Å². The van der Waals surface area contributed by atoms with Crippen LogP contribution in [0.5, 0.6) is 0 Å². The number of thiophene rings is 1. The van der Waals surface area contributed by atoms with E-state index in [9.17, 15) is 14.0 Å². The number of nitrogens with zero attached hydrogens (tertiary/aromatic N) is 2. The molecule has 0 aliphatic rings. The highest BCUT2D eigenvalue weighted by atomic mass is 32.2. The molecule has 0 saturated heterocycles. The van der Waals surface area contributed by atoms with Gasteiger partial charge in [0.1, 0.15) is 10.6 Å². The number of hydrogen-bond donors (Lipinski definition) is 0. The molecule has 25 heavy (non-hydrogen) atoms. The lowest BCUT2D eigenvalue weighted by atomic mass is 10.1. The van der Waals surface area contributed by atoms with Gasteiger partial charge in [0.25, 0.3) is 5.56 Å². The van der Waals surface area contributed by atoms with E-state index in [1.54, 1.807) is 19.2 Å². The Hall–Kier alpha value is -2.19. The van der Waals surface area contributed by atoms with Crippen LogP contribution in [0.4, 0.5) is 4.39 Å². The van der Waals surface area contributed by atoms with Crippen LogP contribution in [0.2, 0.25) is 0 Å². The minimum absolute atomic E-state index is 0.161. The molecule has 0 radical (unpaired) electrons. The zero-order chi connectivity index (χ0) is 18.0. The number of benzene rings is 1. The molecule has 2 heterocycles. The molecule has 130 valence electrons. The zero-order valence-electron chi connectivity index (χ0n) is 13.6. The van der Waals surface area contributed by atoms with Gasteiger partial charge in [-0.05, 0) is 17.7 Å². The molecule has 0 spiro atoms. The molecule has 2 aromatic heterocycles. The van der Waals surface area contributed by atoms with E-state index in [1.165, 1.54) is 46.9 Å². The normalized spacial score (nSPS) is 11.0. The van der Waals surface area contributed by atoms with Gasteiger partial charge in [0, 0.05) is 23.7 Å². The van der Waals surface area contributed by atoms with Gasteiger partial charge in [-0.2, -0.15) is 0 Å². The average molecular weight is 378 g/mol. The molecule has 0 fully saturated rings. The number of halogens is 1. The Morgan fingerprint density at radius 2 is 2.08 bits per heavy atom. The van der Waals surface area contributed by atoms with Crippen LogP contribution in [-0.2, 0) is 16.6 Å². The fourth-order valence-corrected chi connectivity index (χ4v) is 4.23. The van der Waals surface area contributed by atoms with Crippen molar-refractivity contribution in [1.29, 1.82) is 0 Å². The van der Waals surface area contributed by atoms with Crippen molar-refractivity contribution in [2.75, 3.05) is 12.9 Å². The summed E-state index contributed by atoms with van der Waals surface area (Å²) in [5.74, 6) is -0.138. The number of ether oxygens (including phenoxy) is 1. The molecule has 0 amide bonds. The highest BCUT2D eigenvalue weighted by Gasteiger charge is 2.16. The van der Waals surface area contributed by atoms with Gasteiger partial charge in [0.15, 0.2) is 5.16 Å². The lowest BCUT2D eigenvalue weighted by molar-refractivity contribution is -0.140. The van der Waals surface area contributed by atoms with Crippen molar-refractivity contribution in [1.82, 2.24) is 9.55 Å². The molecule has 0 aliphatic carbocycles. The van der Waals surface area contributed by atoms with Crippen molar-refractivity contribution < 1.29 is 13.9 Å². The third kappa shape index (κ3) is 3.59. The summed E-state index contributed by atoms with van der Waals surface area (Å²) in [6.45, 7) is 0. The maximum absolute atomic E-state index is 13.1. The van der Waals surface area contributed by atoms with Gasteiger partial charge < -0.3 is 4.74 Å². The molecule has 0 aliphatic heterocycles. The molecule has 0 unspecified atom stereocenters. The molecule has 3 aromatic rings. The summed E-state index contributed by atoms with van der Waals surface area (Å²) in [6, 6.07) is 6.03. The van der Waals surface area contributed by atoms with Gasteiger partial charge in [-0.15, -0.1) is 11.3 Å². The third-order valence-electron chi connectivity index (χ3n) is 3.69. The van der Waals surface area contributed by atoms with Crippen molar-refractivity contribution in [2.24, 2.45) is 7.05 Å².